The van der Waals surface area contributed by atoms with Crippen molar-refractivity contribution in [3.05, 3.63) is 35.9 Å². The van der Waals surface area contributed by atoms with E-state index in [4.69, 9.17) is 4.74 Å². The van der Waals surface area contributed by atoms with E-state index in [0.29, 0.717) is 0 Å². The summed E-state index contributed by atoms with van der Waals surface area (Å²) in [5, 5.41) is 9.19. The SMILES string of the molecule is CC(O)C(C)C(=O)OCc1ccccc1. The van der Waals surface area contributed by atoms with Crippen LogP contribution in [0.15, 0.2) is 30.3 Å². The van der Waals surface area contributed by atoms with Crippen LogP contribution in [0.4, 0.5) is 0 Å². The summed E-state index contributed by atoms with van der Waals surface area (Å²) in [7, 11) is 0. The van der Waals surface area contributed by atoms with Crippen LogP contribution in [-0.2, 0) is 16.1 Å². The Morgan fingerprint density at radius 3 is 2.47 bits per heavy atom. The molecule has 1 aromatic carbocycles. The molecule has 0 amide bonds. The van der Waals surface area contributed by atoms with Gasteiger partial charge in [-0.15, -0.1) is 0 Å². The Morgan fingerprint density at radius 1 is 1.33 bits per heavy atom. The molecule has 0 spiro atoms. The highest BCUT2D eigenvalue weighted by Gasteiger charge is 2.19. The van der Waals surface area contributed by atoms with Crippen molar-refractivity contribution in [2.75, 3.05) is 0 Å². The van der Waals surface area contributed by atoms with Gasteiger partial charge >= 0.3 is 5.97 Å². The summed E-state index contributed by atoms with van der Waals surface area (Å²) in [6.07, 6.45) is -0.673. The van der Waals surface area contributed by atoms with Gasteiger partial charge in [0.1, 0.15) is 6.61 Å². The van der Waals surface area contributed by atoms with Crippen LogP contribution < -0.4 is 0 Å². The Morgan fingerprint density at radius 2 is 1.93 bits per heavy atom. The van der Waals surface area contributed by atoms with Crippen LogP contribution in [-0.4, -0.2) is 17.2 Å². The minimum Gasteiger partial charge on any atom is -0.461 e. The second kappa shape index (κ2) is 5.51. The van der Waals surface area contributed by atoms with Crippen molar-refractivity contribution >= 4 is 5.97 Å². The molecular weight excluding hydrogens is 192 g/mol. The summed E-state index contributed by atoms with van der Waals surface area (Å²) in [5.74, 6) is -0.845. The van der Waals surface area contributed by atoms with Gasteiger partial charge in [0.05, 0.1) is 12.0 Å². The number of aliphatic hydroxyl groups excluding tert-OH is 1. The topological polar surface area (TPSA) is 46.5 Å². The zero-order valence-electron chi connectivity index (χ0n) is 9.01. The minimum absolute atomic E-state index is 0.261. The maximum absolute atomic E-state index is 11.4. The second-order valence-corrected chi connectivity index (χ2v) is 3.62. The van der Waals surface area contributed by atoms with Gasteiger partial charge in [-0.3, -0.25) is 4.79 Å². The molecule has 2 unspecified atom stereocenters. The third kappa shape index (κ3) is 3.72. The van der Waals surface area contributed by atoms with Gasteiger partial charge in [-0.2, -0.15) is 0 Å². The van der Waals surface area contributed by atoms with E-state index >= 15 is 0 Å². The Labute approximate surface area is 89.7 Å². The number of carbonyl (C=O) groups is 1. The third-order valence-corrected chi connectivity index (χ3v) is 2.32. The fraction of sp³-hybridized carbons (Fsp3) is 0.417. The maximum Gasteiger partial charge on any atom is 0.311 e. The number of benzene rings is 1. The molecule has 0 radical (unpaired) electrons. The number of carbonyl (C=O) groups excluding carboxylic acids is 1. The Balaban J connectivity index is 2.41. The highest BCUT2D eigenvalue weighted by Crippen LogP contribution is 2.07. The van der Waals surface area contributed by atoms with Gasteiger partial charge in [0.15, 0.2) is 0 Å². The molecule has 1 N–H and O–H groups in total. The summed E-state index contributed by atoms with van der Waals surface area (Å²) in [4.78, 5) is 11.4. The Kier molecular flexibility index (Phi) is 4.31. The van der Waals surface area contributed by atoms with Crippen LogP contribution in [0, 0.1) is 5.92 Å². The van der Waals surface area contributed by atoms with E-state index in [0.717, 1.165) is 5.56 Å². The quantitative estimate of drug-likeness (QED) is 0.767. The zero-order valence-corrected chi connectivity index (χ0v) is 9.01. The summed E-state index contributed by atoms with van der Waals surface area (Å²) < 4.78 is 5.05. The second-order valence-electron chi connectivity index (χ2n) is 3.62. The molecule has 2 atom stereocenters. The predicted octanol–water partition coefficient (Wildman–Crippen LogP) is 1.75. The summed E-state index contributed by atoms with van der Waals surface area (Å²) in [6, 6.07) is 9.47. The average molecular weight is 208 g/mol. The smallest absolute Gasteiger partial charge is 0.311 e. The van der Waals surface area contributed by atoms with Crippen LogP contribution in [0.2, 0.25) is 0 Å². The standard InChI is InChI=1S/C12H16O3/c1-9(10(2)13)12(14)15-8-11-6-4-3-5-7-11/h3-7,9-10,13H,8H2,1-2H3. The predicted molar refractivity (Wildman–Crippen MR) is 57.1 cm³/mol. The summed E-state index contributed by atoms with van der Waals surface area (Å²) in [6.45, 7) is 3.49. The van der Waals surface area contributed by atoms with E-state index < -0.39 is 12.0 Å². The first-order valence-corrected chi connectivity index (χ1v) is 5.00. The largest absolute Gasteiger partial charge is 0.461 e. The third-order valence-electron chi connectivity index (χ3n) is 2.32. The molecule has 0 fully saturated rings. The van der Waals surface area contributed by atoms with Crippen molar-refractivity contribution in [2.24, 2.45) is 5.92 Å². The van der Waals surface area contributed by atoms with Crippen LogP contribution in [0.25, 0.3) is 0 Å². The summed E-state index contributed by atoms with van der Waals surface area (Å²) >= 11 is 0. The first-order valence-electron chi connectivity index (χ1n) is 5.00. The molecule has 0 bridgehead atoms. The summed E-state index contributed by atoms with van der Waals surface area (Å²) in [5.41, 5.74) is 0.948. The lowest BCUT2D eigenvalue weighted by Crippen LogP contribution is -2.24. The molecule has 0 saturated heterocycles. The molecule has 3 heteroatoms. The maximum atomic E-state index is 11.4. The molecule has 1 aromatic rings. The molecule has 0 saturated carbocycles. The molecule has 82 valence electrons. The van der Waals surface area contributed by atoms with E-state index in [-0.39, 0.29) is 12.6 Å². The average Bonchev–Trinajstić information content (AvgIpc) is 2.26. The van der Waals surface area contributed by atoms with Crippen molar-refractivity contribution in [2.45, 2.75) is 26.6 Å². The lowest BCUT2D eigenvalue weighted by Gasteiger charge is -2.13. The van der Waals surface area contributed by atoms with Crippen molar-refractivity contribution < 1.29 is 14.6 Å². The lowest BCUT2D eigenvalue weighted by molar-refractivity contribution is -0.152. The lowest BCUT2D eigenvalue weighted by atomic mass is 10.1. The molecule has 0 aliphatic rings. The number of hydrogen-bond donors (Lipinski definition) is 1. The Hall–Kier alpha value is -1.35. The monoisotopic (exact) mass is 208 g/mol. The van der Waals surface area contributed by atoms with Crippen LogP contribution in [0.5, 0.6) is 0 Å². The van der Waals surface area contributed by atoms with Gasteiger partial charge in [0.25, 0.3) is 0 Å². The van der Waals surface area contributed by atoms with E-state index in [1.54, 1.807) is 13.8 Å². The van der Waals surface area contributed by atoms with Crippen molar-refractivity contribution in [3.63, 3.8) is 0 Å². The molecule has 3 nitrogen and oxygen atoms in total. The van der Waals surface area contributed by atoms with Gasteiger partial charge in [-0.1, -0.05) is 30.3 Å². The van der Waals surface area contributed by atoms with Crippen molar-refractivity contribution in [1.29, 1.82) is 0 Å². The van der Waals surface area contributed by atoms with Crippen molar-refractivity contribution in [1.82, 2.24) is 0 Å². The van der Waals surface area contributed by atoms with Gasteiger partial charge in [-0.25, -0.2) is 0 Å². The first kappa shape index (κ1) is 11.7. The molecule has 0 aromatic heterocycles. The fourth-order valence-corrected chi connectivity index (χ4v) is 1.06. The van der Waals surface area contributed by atoms with Gasteiger partial charge in [0.2, 0.25) is 0 Å². The van der Waals surface area contributed by atoms with E-state index in [1.165, 1.54) is 0 Å². The number of aliphatic hydroxyl groups is 1. The van der Waals surface area contributed by atoms with E-state index in [9.17, 15) is 9.90 Å². The highest BCUT2D eigenvalue weighted by atomic mass is 16.5. The molecule has 0 aliphatic heterocycles. The number of rotatable bonds is 4. The molecule has 1 rings (SSSR count). The van der Waals surface area contributed by atoms with Crippen LogP contribution in [0.1, 0.15) is 19.4 Å². The number of hydrogen-bond acceptors (Lipinski definition) is 3. The van der Waals surface area contributed by atoms with Gasteiger partial charge in [0, 0.05) is 0 Å². The molecule has 0 heterocycles. The molecule has 15 heavy (non-hydrogen) atoms. The first-order chi connectivity index (χ1) is 7.11. The van der Waals surface area contributed by atoms with Crippen LogP contribution in [0.3, 0.4) is 0 Å². The van der Waals surface area contributed by atoms with E-state index in [2.05, 4.69) is 0 Å². The molecule has 0 aliphatic carbocycles. The number of ether oxygens (including phenoxy) is 1. The normalized spacial score (nSPS) is 14.3. The Bertz CT molecular complexity index is 306. The minimum atomic E-state index is -0.673. The highest BCUT2D eigenvalue weighted by molar-refractivity contribution is 5.72. The zero-order chi connectivity index (χ0) is 11.3. The van der Waals surface area contributed by atoms with Gasteiger partial charge < -0.3 is 9.84 Å². The van der Waals surface area contributed by atoms with Crippen molar-refractivity contribution in [3.8, 4) is 0 Å². The fourth-order valence-electron chi connectivity index (χ4n) is 1.06. The number of esters is 1. The van der Waals surface area contributed by atoms with Gasteiger partial charge in [-0.05, 0) is 19.4 Å². The van der Waals surface area contributed by atoms with Crippen LogP contribution >= 0.6 is 0 Å². The molecular formula is C12H16O3. The van der Waals surface area contributed by atoms with E-state index in [1.807, 2.05) is 30.3 Å².